The summed E-state index contributed by atoms with van der Waals surface area (Å²) >= 11 is 2.04. The molecule has 84 valence electrons. The molecule has 0 amide bonds. The van der Waals surface area contributed by atoms with Gasteiger partial charge in [-0.15, -0.1) is 0 Å². The number of hydrogen-bond acceptors (Lipinski definition) is 3. The maximum atomic E-state index is 4.34. The van der Waals surface area contributed by atoms with Crippen molar-refractivity contribution in [2.75, 3.05) is 16.8 Å². The number of anilines is 1. The molecule has 4 heteroatoms. The van der Waals surface area contributed by atoms with Gasteiger partial charge in [0.2, 0.25) is 0 Å². The van der Waals surface area contributed by atoms with Crippen molar-refractivity contribution in [3.63, 3.8) is 0 Å². The van der Waals surface area contributed by atoms with Gasteiger partial charge in [0.25, 0.3) is 0 Å². The molecule has 0 radical (unpaired) electrons. The van der Waals surface area contributed by atoms with Crippen molar-refractivity contribution in [2.45, 2.75) is 39.2 Å². The second-order valence-electron chi connectivity index (χ2n) is 4.09. The zero-order chi connectivity index (χ0) is 10.7. The van der Waals surface area contributed by atoms with Gasteiger partial charge >= 0.3 is 0 Å². The van der Waals surface area contributed by atoms with Crippen LogP contribution in [0, 0.1) is 6.92 Å². The van der Waals surface area contributed by atoms with E-state index in [1.165, 1.54) is 35.6 Å². The predicted molar refractivity (Wildman–Crippen MR) is 66.7 cm³/mol. The summed E-state index contributed by atoms with van der Waals surface area (Å²) in [5.41, 5.74) is 2.54. The van der Waals surface area contributed by atoms with Crippen LogP contribution in [0.2, 0.25) is 0 Å². The largest absolute Gasteiger partial charge is 0.365 e. The molecule has 2 heterocycles. The minimum Gasteiger partial charge on any atom is -0.365 e. The van der Waals surface area contributed by atoms with Crippen LogP contribution in [0.5, 0.6) is 0 Å². The minimum atomic E-state index is 0.607. The van der Waals surface area contributed by atoms with Gasteiger partial charge < -0.3 is 5.32 Å². The molecule has 15 heavy (non-hydrogen) atoms. The molecule has 2 rings (SSSR count). The summed E-state index contributed by atoms with van der Waals surface area (Å²) < 4.78 is 0. The highest BCUT2D eigenvalue weighted by molar-refractivity contribution is 7.99. The van der Waals surface area contributed by atoms with Gasteiger partial charge in [-0.25, -0.2) is 0 Å². The van der Waals surface area contributed by atoms with Crippen LogP contribution in [-0.2, 0) is 6.42 Å². The molecule has 1 atom stereocenters. The van der Waals surface area contributed by atoms with Gasteiger partial charge in [0.05, 0.1) is 0 Å². The Labute approximate surface area is 95.4 Å². The fourth-order valence-electron chi connectivity index (χ4n) is 1.97. The molecular weight excluding hydrogens is 206 g/mol. The summed E-state index contributed by atoms with van der Waals surface area (Å²) in [4.78, 5) is 0. The van der Waals surface area contributed by atoms with E-state index in [0.29, 0.717) is 6.04 Å². The van der Waals surface area contributed by atoms with Gasteiger partial charge in [0.1, 0.15) is 0 Å². The van der Waals surface area contributed by atoms with E-state index in [1.54, 1.807) is 0 Å². The summed E-state index contributed by atoms with van der Waals surface area (Å²) in [6.45, 7) is 4.29. The Balaban J connectivity index is 2.00. The summed E-state index contributed by atoms with van der Waals surface area (Å²) in [5.74, 6) is 3.59. The molecule has 1 fully saturated rings. The molecule has 1 aromatic rings. The van der Waals surface area contributed by atoms with Crippen LogP contribution in [0.15, 0.2) is 0 Å². The van der Waals surface area contributed by atoms with E-state index < -0.39 is 0 Å². The first kappa shape index (κ1) is 10.9. The molecule has 0 aliphatic carbocycles. The quantitative estimate of drug-likeness (QED) is 0.830. The highest BCUT2D eigenvalue weighted by atomic mass is 32.2. The van der Waals surface area contributed by atoms with E-state index >= 15 is 0 Å². The molecule has 2 N–H and O–H groups in total. The van der Waals surface area contributed by atoms with Crippen molar-refractivity contribution in [2.24, 2.45) is 0 Å². The van der Waals surface area contributed by atoms with Crippen LogP contribution < -0.4 is 5.32 Å². The van der Waals surface area contributed by atoms with Crippen molar-refractivity contribution in [3.8, 4) is 0 Å². The second-order valence-corrected chi connectivity index (χ2v) is 5.24. The molecule has 1 aromatic heterocycles. The predicted octanol–water partition coefficient (Wildman–Crippen LogP) is 2.59. The number of nitrogens with zero attached hydrogens (tertiary/aromatic N) is 1. The third-order valence-electron chi connectivity index (χ3n) is 2.97. The van der Waals surface area contributed by atoms with Crippen LogP contribution >= 0.6 is 11.8 Å². The number of rotatable bonds is 3. The Hall–Kier alpha value is -0.640. The first-order chi connectivity index (χ1) is 7.31. The van der Waals surface area contributed by atoms with Gasteiger partial charge in [-0.3, -0.25) is 5.10 Å². The first-order valence-corrected chi connectivity index (χ1v) is 6.85. The number of aromatic nitrogens is 2. The van der Waals surface area contributed by atoms with E-state index in [4.69, 9.17) is 0 Å². The highest BCUT2D eigenvalue weighted by Gasteiger charge is 2.16. The van der Waals surface area contributed by atoms with Gasteiger partial charge in [0.15, 0.2) is 5.82 Å². The van der Waals surface area contributed by atoms with Gasteiger partial charge in [-0.05, 0) is 31.9 Å². The lowest BCUT2D eigenvalue weighted by molar-refractivity contribution is 0.681. The molecule has 0 saturated carbocycles. The van der Waals surface area contributed by atoms with Crippen molar-refractivity contribution in [1.82, 2.24) is 10.2 Å². The molecule has 1 unspecified atom stereocenters. The standard InChI is InChI=1S/C11H19N3S/c1-3-10-8(2)11(14-13-10)12-9-5-4-6-15-7-9/h9H,3-7H2,1-2H3,(H2,12,13,14). The van der Waals surface area contributed by atoms with Crippen LogP contribution in [-0.4, -0.2) is 27.7 Å². The lowest BCUT2D eigenvalue weighted by Crippen LogP contribution is -2.26. The molecule has 3 nitrogen and oxygen atoms in total. The summed E-state index contributed by atoms with van der Waals surface area (Å²) in [7, 11) is 0. The SMILES string of the molecule is CCc1[nH]nc(NC2CCCSC2)c1C. The van der Waals surface area contributed by atoms with Crippen LogP contribution in [0.25, 0.3) is 0 Å². The third kappa shape index (κ3) is 2.48. The summed E-state index contributed by atoms with van der Waals surface area (Å²) in [6.07, 6.45) is 3.63. The zero-order valence-corrected chi connectivity index (χ0v) is 10.3. The van der Waals surface area contributed by atoms with Gasteiger partial charge in [-0.2, -0.15) is 16.9 Å². The van der Waals surface area contributed by atoms with Crippen molar-refractivity contribution >= 4 is 17.6 Å². The minimum absolute atomic E-state index is 0.607. The first-order valence-electron chi connectivity index (χ1n) is 5.69. The Morgan fingerprint density at radius 1 is 1.60 bits per heavy atom. The molecular formula is C11H19N3S. The van der Waals surface area contributed by atoms with E-state index in [0.717, 1.165) is 12.2 Å². The lowest BCUT2D eigenvalue weighted by atomic mass is 10.1. The third-order valence-corrected chi connectivity index (χ3v) is 4.18. The number of H-pyrrole nitrogens is 1. The Morgan fingerprint density at radius 3 is 3.07 bits per heavy atom. The van der Waals surface area contributed by atoms with E-state index in [9.17, 15) is 0 Å². The van der Waals surface area contributed by atoms with Crippen molar-refractivity contribution in [3.05, 3.63) is 11.3 Å². The average molecular weight is 225 g/mol. The summed E-state index contributed by atoms with van der Waals surface area (Å²) in [6, 6.07) is 0.607. The summed E-state index contributed by atoms with van der Waals surface area (Å²) in [5, 5.41) is 11.0. The number of thioether (sulfide) groups is 1. The maximum Gasteiger partial charge on any atom is 0.151 e. The highest BCUT2D eigenvalue weighted by Crippen LogP contribution is 2.22. The Bertz CT molecular complexity index is 316. The second kappa shape index (κ2) is 4.92. The molecule has 1 saturated heterocycles. The van der Waals surface area contributed by atoms with E-state index in [1.807, 2.05) is 11.8 Å². The molecule has 0 spiro atoms. The maximum absolute atomic E-state index is 4.34. The van der Waals surface area contributed by atoms with Crippen molar-refractivity contribution in [1.29, 1.82) is 0 Å². The molecule has 0 aromatic carbocycles. The van der Waals surface area contributed by atoms with E-state index in [-0.39, 0.29) is 0 Å². The number of aryl methyl sites for hydroxylation is 1. The van der Waals surface area contributed by atoms with Gasteiger partial charge in [0, 0.05) is 23.1 Å². The van der Waals surface area contributed by atoms with Crippen molar-refractivity contribution < 1.29 is 0 Å². The Morgan fingerprint density at radius 2 is 2.47 bits per heavy atom. The van der Waals surface area contributed by atoms with Crippen LogP contribution in [0.4, 0.5) is 5.82 Å². The topological polar surface area (TPSA) is 40.7 Å². The lowest BCUT2D eigenvalue weighted by Gasteiger charge is -2.22. The van der Waals surface area contributed by atoms with E-state index in [2.05, 4.69) is 29.4 Å². The smallest absolute Gasteiger partial charge is 0.151 e. The fourth-order valence-corrected chi connectivity index (χ4v) is 3.04. The fraction of sp³-hybridized carbons (Fsp3) is 0.727. The molecule has 1 aliphatic rings. The zero-order valence-electron chi connectivity index (χ0n) is 9.47. The number of aromatic amines is 1. The Kier molecular flexibility index (Phi) is 3.57. The van der Waals surface area contributed by atoms with Crippen LogP contribution in [0.3, 0.4) is 0 Å². The number of hydrogen-bond donors (Lipinski definition) is 2. The molecule has 1 aliphatic heterocycles. The monoisotopic (exact) mass is 225 g/mol. The van der Waals surface area contributed by atoms with Crippen LogP contribution in [0.1, 0.15) is 31.0 Å². The molecule has 0 bridgehead atoms. The average Bonchev–Trinajstić information content (AvgIpc) is 2.62. The normalized spacial score (nSPS) is 21.6. The number of nitrogens with one attached hydrogen (secondary N) is 2. The van der Waals surface area contributed by atoms with Gasteiger partial charge in [-0.1, -0.05) is 6.92 Å².